The summed E-state index contributed by atoms with van der Waals surface area (Å²) < 4.78 is 28.1. The Morgan fingerprint density at radius 1 is 1.21 bits per heavy atom. The van der Waals surface area contributed by atoms with E-state index in [1.54, 1.807) is 0 Å². The normalized spacial score (nSPS) is 16.4. The molecule has 2 nitrogen and oxygen atoms in total. The second-order valence-electron chi connectivity index (χ2n) is 5.23. The third-order valence-corrected chi connectivity index (χ3v) is 4.06. The molecular formula is C15H24F2N2. The summed E-state index contributed by atoms with van der Waals surface area (Å²) in [6.45, 7) is 6.65. The van der Waals surface area contributed by atoms with Crippen LogP contribution in [0, 0.1) is 11.6 Å². The standard InChI is InChI=1S/C15H24F2N2/c1-6-15(3,19(4)5)14(18-7-2)13-11(16)9-8-10-12(13)17/h8-10,14,18H,6-7H2,1-5H3. The number of likely N-dealkylation sites (N-methyl/N-ethyl adjacent to an activating group) is 2. The van der Waals surface area contributed by atoms with Crippen LogP contribution >= 0.6 is 0 Å². The molecule has 1 N–H and O–H groups in total. The molecule has 0 aliphatic rings. The van der Waals surface area contributed by atoms with Gasteiger partial charge in [0.2, 0.25) is 0 Å². The first-order chi connectivity index (χ1) is 8.88. The predicted octanol–water partition coefficient (Wildman–Crippen LogP) is 3.35. The van der Waals surface area contributed by atoms with Crippen molar-refractivity contribution in [3.8, 4) is 0 Å². The van der Waals surface area contributed by atoms with Crippen LogP contribution in [0.25, 0.3) is 0 Å². The average molecular weight is 270 g/mol. The van der Waals surface area contributed by atoms with E-state index in [2.05, 4.69) is 5.32 Å². The Morgan fingerprint density at radius 2 is 1.74 bits per heavy atom. The molecule has 0 aromatic heterocycles. The van der Waals surface area contributed by atoms with Gasteiger partial charge in [0, 0.05) is 11.1 Å². The van der Waals surface area contributed by atoms with Gasteiger partial charge in [-0.3, -0.25) is 0 Å². The zero-order valence-electron chi connectivity index (χ0n) is 12.4. The first kappa shape index (κ1) is 16.1. The quantitative estimate of drug-likeness (QED) is 0.853. The molecule has 0 bridgehead atoms. The summed E-state index contributed by atoms with van der Waals surface area (Å²) in [5, 5.41) is 3.23. The van der Waals surface area contributed by atoms with E-state index in [1.807, 2.05) is 39.8 Å². The molecule has 0 radical (unpaired) electrons. The molecule has 19 heavy (non-hydrogen) atoms. The van der Waals surface area contributed by atoms with Gasteiger partial charge in [-0.25, -0.2) is 8.78 Å². The Labute approximate surface area is 114 Å². The number of hydrogen-bond acceptors (Lipinski definition) is 2. The molecule has 0 saturated carbocycles. The molecule has 0 aliphatic heterocycles. The minimum atomic E-state index is -0.493. The van der Waals surface area contributed by atoms with Crippen LogP contribution in [-0.4, -0.2) is 31.1 Å². The van der Waals surface area contributed by atoms with Gasteiger partial charge >= 0.3 is 0 Å². The average Bonchev–Trinajstić information content (AvgIpc) is 2.36. The number of benzene rings is 1. The smallest absolute Gasteiger partial charge is 0.130 e. The van der Waals surface area contributed by atoms with E-state index in [0.29, 0.717) is 6.54 Å². The van der Waals surface area contributed by atoms with Crippen LogP contribution in [0.4, 0.5) is 8.78 Å². The number of halogens is 2. The van der Waals surface area contributed by atoms with Crippen LogP contribution in [0.5, 0.6) is 0 Å². The van der Waals surface area contributed by atoms with Crippen LogP contribution in [-0.2, 0) is 0 Å². The summed E-state index contributed by atoms with van der Waals surface area (Å²) in [5.41, 5.74) is -0.235. The molecule has 0 heterocycles. The molecule has 2 atom stereocenters. The van der Waals surface area contributed by atoms with Crippen molar-refractivity contribution in [3.05, 3.63) is 35.4 Å². The van der Waals surface area contributed by atoms with Crippen molar-refractivity contribution < 1.29 is 8.78 Å². The minimum Gasteiger partial charge on any atom is -0.308 e. The molecule has 0 aliphatic carbocycles. The van der Waals surface area contributed by atoms with Gasteiger partial charge in [-0.05, 0) is 46.1 Å². The van der Waals surface area contributed by atoms with Crippen LogP contribution < -0.4 is 5.32 Å². The molecule has 0 spiro atoms. The van der Waals surface area contributed by atoms with Crippen molar-refractivity contribution in [2.45, 2.75) is 38.8 Å². The van der Waals surface area contributed by atoms with Gasteiger partial charge in [0.1, 0.15) is 11.6 Å². The zero-order valence-corrected chi connectivity index (χ0v) is 12.4. The van der Waals surface area contributed by atoms with Gasteiger partial charge in [-0.15, -0.1) is 0 Å². The van der Waals surface area contributed by atoms with Crippen molar-refractivity contribution in [1.82, 2.24) is 10.2 Å². The summed E-state index contributed by atoms with van der Waals surface area (Å²) in [4.78, 5) is 2.02. The first-order valence-electron chi connectivity index (χ1n) is 6.73. The van der Waals surface area contributed by atoms with E-state index in [9.17, 15) is 8.78 Å². The lowest BCUT2D eigenvalue weighted by molar-refractivity contribution is 0.110. The Morgan fingerprint density at radius 3 is 2.11 bits per heavy atom. The summed E-state index contributed by atoms with van der Waals surface area (Å²) in [6, 6.07) is 3.64. The lowest BCUT2D eigenvalue weighted by atomic mass is 9.83. The zero-order chi connectivity index (χ0) is 14.6. The van der Waals surface area contributed by atoms with E-state index >= 15 is 0 Å². The van der Waals surface area contributed by atoms with Gasteiger partial charge in [0.25, 0.3) is 0 Å². The van der Waals surface area contributed by atoms with E-state index in [0.717, 1.165) is 6.42 Å². The molecule has 4 heteroatoms. The summed E-state index contributed by atoms with van der Waals surface area (Å²) in [7, 11) is 3.87. The Balaban J connectivity index is 3.35. The Kier molecular flexibility index (Phi) is 5.44. The maximum Gasteiger partial charge on any atom is 0.130 e. The second-order valence-corrected chi connectivity index (χ2v) is 5.23. The summed E-state index contributed by atoms with van der Waals surface area (Å²) >= 11 is 0. The molecular weight excluding hydrogens is 246 g/mol. The Hall–Kier alpha value is -1.00. The van der Waals surface area contributed by atoms with Crippen LogP contribution in [0.1, 0.15) is 38.8 Å². The highest BCUT2D eigenvalue weighted by Crippen LogP contribution is 2.35. The largest absolute Gasteiger partial charge is 0.308 e. The van der Waals surface area contributed by atoms with Crippen molar-refractivity contribution in [2.24, 2.45) is 0 Å². The fourth-order valence-corrected chi connectivity index (χ4v) is 2.40. The van der Waals surface area contributed by atoms with E-state index in [4.69, 9.17) is 0 Å². The van der Waals surface area contributed by atoms with Crippen molar-refractivity contribution in [3.63, 3.8) is 0 Å². The monoisotopic (exact) mass is 270 g/mol. The summed E-state index contributed by atoms with van der Waals surface area (Å²) in [6.07, 6.45) is 0.783. The van der Waals surface area contributed by atoms with Crippen molar-refractivity contribution in [2.75, 3.05) is 20.6 Å². The SMILES string of the molecule is CCNC(c1c(F)cccc1F)C(C)(CC)N(C)C. The van der Waals surface area contributed by atoms with Crippen LogP contribution in [0.15, 0.2) is 18.2 Å². The molecule has 2 unspecified atom stereocenters. The van der Waals surface area contributed by atoms with Crippen molar-refractivity contribution >= 4 is 0 Å². The molecule has 1 rings (SSSR count). The summed E-state index contributed by atoms with van der Waals surface area (Å²) in [5.74, 6) is -0.986. The minimum absolute atomic E-state index is 0.127. The van der Waals surface area contributed by atoms with E-state index in [-0.39, 0.29) is 11.1 Å². The predicted molar refractivity (Wildman–Crippen MR) is 75.2 cm³/mol. The number of hydrogen-bond donors (Lipinski definition) is 1. The second kappa shape index (κ2) is 6.44. The first-order valence-corrected chi connectivity index (χ1v) is 6.73. The van der Waals surface area contributed by atoms with Gasteiger partial charge in [-0.2, -0.15) is 0 Å². The third kappa shape index (κ3) is 3.12. The fraction of sp³-hybridized carbons (Fsp3) is 0.600. The van der Waals surface area contributed by atoms with Crippen LogP contribution in [0.2, 0.25) is 0 Å². The van der Waals surface area contributed by atoms with E-state index in [1.165, 1.54) is 18.2 Å². The van der Waals surface area contributed by atoms with E-state index < -0.39 is 17.7 Å². The van der Waals surface area contributed by atoms with Gasteiger partial charge in [0.05, 0.1) is 6.04 Å². The highest BCUT2D eigenvalue weighted by Gasteiger charge is 2.38. The highest BCUT2D eigenvalue weighted by atomic mass is 19.1. The van der Waals surface area contributed by atoms with Gasteiger partial charge in [-0.1, -0.05) is 19.9 Å². The maximum atomic E-state index is 14.1. The van der Waals surface area contributed by atoms with Gasteiger partial charge < -0.3 is 10.2 Å². The lowest BCUT2D eigenvalue weighted by Crippen LogP contribution is -2.51. The highest BCUT2D eigenvalue weighted by molar-refractivity contribution is 5.26. The molecule has 1 aromatic carbocycles. The third-order valence-electron chi connectivity index (χ3n) is 4.06. The maximum absolute atomic E-state index is 14.1. The van der Waals surface area contributed by atoms with Crippen LogP contribution in [0.3, 0.4) is 0 Å². The molecule has 108 valence electrons. The fourth-order valence-electron chi connectivity index (χ4n) is 2.40. The topological polar surface area (TPSA) is 15.3 Å². The van der Waals surface area contributed by atoms with Crippen molar-refractivity contribution in [1.29, 1.82) is 0 Å². The van der Waals surface area contributed by atoms with Gasteiger partial charge in [0.15, 0.2) is 0 Å². The number of rotatable bonds is 6. The Bertz CT molecular complexity index is 400. The lowest BCUT2D eigenvalue weighted by Gasteiger charge is -2.43. The molecule has 0 saturated heterocycles. The molecule has 0 fully saturated rings. The number of nitrogens with zero attached hydrogens (tertiary/aromatic N) is 1. The molecule has 1 aromatic rings. The number of nitrogens with one attached hydrogen (secondary N) is 1. The molecule has 0 amide bonds.